The molecule has 0 aliphatic heterocycles. The van der Waals surface area contributed by atoms with E-state index < -0.39 is 0 Å². The van der Waals surface area contributed by atoms with Crippen molar-refractivity contribution in [2.24, 2.45) is 0 Å². The third kappa shape index (κ3) is 4.00. The molecule has 0 bridgehead atoms. The first-order chi connectivity index (χ1) is 26.5. The van der Waals surface area contributed by atoms with Crippen molar-refractivity contribution in [3.05, 3.63) is 169 Å². The van der Waals surface area contributed by atoms with Crippen LogP contribution in [0.4, 0.5) is 0 Å². The van der Waals surface area contributed by atoms with Crippen LogP contribution in [0.1, 0.15) is 25.0 Å². The van der Waals surface area contributed by atoms with Crippen LogP contribution in [-0.4, -0.2) is 9.97 Å². The summed E-state index contributed by atoms with van der Waals surface area (Å²) < 4.78 is 2.74. The Morgan fingerprint density at radius 2 is 1.13 bits per heavy atom. The number of fused-ring (bicyclic) bond motifs is 16. The Morgan fingerprint density at radius 1 is 0.481 bits per heavy atom. The molecule has 3 aromatic heterocycles. The van der Waals surface area contributed by atoms with E-state index >= 15 is 0 Å². The summed E-state index contributed by atoms with van der Waals surface area (Å²) in [6, 6.07) is 56.0. The normalized spacial score (nSPS) is 13.5. The average molecular weight is 705 g/mol. The Kier molecular flexibility index (Phi) is 6.03. The maximum Gasteiger partial charge on any atom is 0.0972 e. The summed E-state index contributed by atoms with van der Waals surface area (Å²) in [5, 5.41) is 12.4. The molecule has 3 heteroatoms. The van der Waals surface area contributed by atoms with E-state index in [4.69, 9.17) is 9.97 Å². The van der Waals surface area contributed by atoms with Gasteiger partial charge >= 0.3 is 0 Å². The quantitative estimate of drug-likeness (QED) is 0.167. The van der Waals surface area contributed by atoms with Gasteiger partial charge in [-0.05, 0) is 79.0 Å². The molecule has 0 saturated carbocycles. The first-order valence-electron chi connectivity index (χ1n) is 18.7. The summed E-state index contributed by atoms with van der Waals surface area (Å²) in [6.45, 7) is 4.79. The van der Waals surface area contributed by atoms with Crippen molar-refractivity contribution in [2.75, 3.05) is 0 Å². The molecule has 0 radical (unpaired) electrons. The lowest BCUT2D eigenvalue weighted by Crippen LogP contribution is -2.14. The van der Waals surface area contributed by atoms with E-state index in [1.54, 1.807) is 0 Å². The maximum atomic E-state index is 5.38. The van der Waals surface area contributed by atoms with Gasteiger partial charge in [0.25, 0.3) is 0 Å². The fourth-order valence-electron chi connectivity index (χ4n) is 9.53. The summed E-state index contributed by atoms with van der Waals surface area (Å²) >= 11 is 1.93. The molecule has 8 aromatic carbocycles. The predicted molar refractivity (Wildman–Crippen MR) is 231 cm³/mol. The Hall–Kier alpha value is -6.42. The molecule has 0 amide bonds. The first-order valence-corrected chi connectivity index (χ1v) is 19.5. The van der Waals surface area contributed by atoms with Crippen molar-refractivity contribution in [1.82, 2.24) is 9.97 Å². The summed E-state index contributed by atoms with van der Waals surface area (Å²) in [5.74, 6) is 0. The molecule has 1 aliphatic rings. The number of aromatic nitrogens is 2. The molecule has 0 unspecified atom stereocenters. The van der Waals surface area contributed by atoms with Crippen LogP contribution in [0.3, 0.4) is 0 Å². The predicted octanol–water partition coefficient (Wildman–Crippen LogP) is 14.3. The van der Waals surface area contributed by atoms with Crippen LogP contribution >= 0.6 is 11.3 Å². The summed E-state index contributed by atoms with van der Waals surface area (Å²) in [7, 11) is 0. The molecule has 0 atom stereocenters. The highest BCUT2D eigenvalue weighted by Crippen LogP contribution is 2.55. The van der Waals surface area contributed by atoms with E-state index in [1.165, 1.54) is 85.9 Å². The molecule has 0 saturated heterocycles. The maximum absolute atomic E-state index is 5.38. The number of hydrogen-bond donors (Lipinski definition) is 0. The number of nitrogens with zero attached hydrogens (tertiary/aromatic N) is 2. The van der Waals surface area contributed by atoms with Gasteiger partial charge in [-0.15, -0.1) is 11.3 Å². The van der Waals surface area contributed by atoms with E-state index in [0.717, 1.165) is 33.1 Å². The van der Waals surface area contributed by atoms with Crippen molar-refractivity contribution in [1.29, 1.82) is 0 Å². The second-order valence-corrected chi connectivity index (χ2v) is 16.3. The molecule has 3 heterocycles. The Bertz CT molecular complexity index is 3420. The molecule has 252 valence electrons. The zero-order chi connectivity index (χ0) is 35.7. The van der Waals surface area contributed by atoms with Crippen molar-refractivity contribution in [2.45, 2.75) is 19.3 Å². The van der Waals surface area contributed by atoms with Gasteiger partial charge in [0, 0.05) is 59.1 Å². The van der Waals surface area contributed by atoms with Gasteiger partial charge in [0.1, 0.15) is 0 Å². The van der Waals surface area contributed by atoms with Crippen molar-refractivity contribution < 1.29 is 0 Å². The molecule has 0 spiro atoms. The topological polar surface area (TPSA) is 25.8 Å². The molecule has 0 fully saturated rings. The third-order valence-corrected chi connectivity index (χ3v) is 13.3. The van der Waals surface area contributed by atoms with Crippen molar-refractivity contribution in [3.63, 3.8) is 0 Å². The zero-order valence-electron chi connectivity index (χ0n) is 29.8. The van der Waals surface area contributed by atoms with Crippen molar-refractivity contribution >= 4 is 85.6 Å². The summed E-state index contributed by atoms with van der Waals surface area (Å²) in [5.41, 5.74) is 11.8. The highest BCUT2D eigenvalue weighted by atomic mass is 32.1. The van der Waals surface area contributed by atoms with Crippen LogP contribution < -0.4 is 0 Å². The van der Waals surface area contributed by atoms with Crippen molar-refractivity contribution in [3.8, 4) is 33.5 Å². The van der Waals surface area contributed by atoms with E-state index in [9.17, 15) is 0 Å². The molecule has 1 aliphatic carbocycles. The molecule has 2 nitrogen and oxygen atoms in total. The third-order valence-electron chi connectivity index (χ3n) is 12.1. The molecule has 11 aromatic rings. The lowest BCUT2D eigenvalue weighted by atomic mass is 9.80. The highest BCUT2D eigenvalue weighted by molar-refractivity contribution is 7.26. The standard InChI is InChI=1S/C51H32N2S/c1-51(2)41-25-24-38-35-13-7-8-16-44(35)54-50(38)47(41)39-21-19-31(28-42(39)51)32-22-23-40(43-26-20-30-18-17-29-10-9-27-52-48(29)49(30)53-43)46-37-15-6-4-12-34(37)33-11-3-5-14-36(33)45(32)46/h3-28H,1-2H3. The number of benzene rings is 8. The summed E-state index contributed by atoms with van der Waals surface area (Å²) in [4.78, 5) is 10.2. The molecule has 0 N–H and O–H groups in total. The van der Waals surface area contributed by atoms with Crippen LogP contribution in [0, 0.1) is 0 Å². The Balaban J connectivity index is 1.15. The number of hydrogen-bond acceptors (Lipinski definition) is 3. The minimum Gasteiger partial charge on any atom is -0.254 e. The van der Waals surface area contributed by atoms with Gasteiger partial charge in [-0.2, -0.15) is 0 Å². The van der Waals surface area contributed by atoms with Gasteiger partial charge in [0.15, 0.2) is 0 Å². The number of pyridine rings is 2. The molecule has 12 rings (SSSR count). The number of thiophene rings is 1. The first kappa shape index (κ1) is 30.1. The lowest BCUT2D eigenvalue weighted by molar-refractivity contribution is 0.661. The van der Waals surface area contributed by atoms with Crippen LogP contribution in [0.5, 0.6) is 0 Å². The van der Waals surface area contributed by atoms with Gasteiger partial charge < -0.3 is 0 Å². The van der Waals surface area contributed by atoms with Crippen LogP contribution in [0.15, 0.2) is 158 Å². The molecular formula is C51H32N2S. The fraction of sp³-hybridized carbons (Fsp3) is 0.0588. The monoisotopic (exact) mass is 704 g/mol. The van der Waals surface area contributed by atoms with Gasteiger partial charge in [0.2, 0.25) is 0 Å². The smallest absolute Gasteiger partial charge is 0.0972 e. The molecule has 54 heavy (non-hydrogen) atoms. The fourth-order valence-corrected chi connectivity index (χ4v) is 10.8. The Labute approximate surface area is 316 Å². The van der Waals surface area contributed by atoms with Crippen LogP contribution in [0.25, 0.3) is 108 Å². The van der Waals surface area contributed by atoms with Crippen LogP contribution in [-0.2, 0) is 5.41 Å². The largest absolute Gasteiger partial charge is 0.254 e. The minimum absolute atomic E-state index is 0.138. The highest BCUT2D eigenvalue weighted by Gasteiger charge is 2.37. The van der Waals surface area contributed by atoms with Gasteiger partial charge in [-0.3, -0.25) is 4.98 Å². The second-order valence-electron chi connectivity index (χ2n) is 15.3. The van der Waals surface area contributed by atoms with E-state index in [-0.39, 0.29) is 5.41 Å². The minimum atomic E-state index is -0.138. The van der Waals surface area contributed by atoms with Gasteiger partial charge in [-0.1, -0.05) is 141 Å². The van der Waals surface area contributed by atoms with Crippen LogP contribution in [0.2, 0.25) is 0 Å². The zero-order valence-corrected chi connectivity index (χ0v) is 30.6. The average Bonchev–Trinajstić information content (AvgIpc) is 3.72. The SMILES string of the molecule is CC1(C)c2cc(-c3ccc(-c4ccc5ccc6cccnc6c5n4)c4c5ccccc5c5ccccc5c34)ccc2-c2c1ccc1c2sc2ccccc21. The second kappa shape index (κ2) is 10.8. The summed E-state index contributed by atoms with van der Waals surface area (Å²) in [6.07, 6.45) is 1.86. The van der Waals surface area contributed by atoms with Gasteiger partial charge in [0.05, 0.1) is 16.7 Å². The van der Waals surface area contributed by atoms with E-state index in [2.05, 4.69) is 159 Å². The van der Waals surface area contributed by atoms with E-state index in [0.29, 0.717) is 0 Å². The molecular weight excluding hydrogens is 673 g/mol. The van der Waals surface area contributed by atoms with E-state index in [1.807, 2.05) is 23.6 Å². The Morgan fingerprint density at radius 3 is 1.93 bits per heavy atom. The lowest BCUT2D eigenvalue weighted by Gasteiger charge is -2.23. The number of rotatable bonds is 2. The van der Waals surface area contributed by atoms with Gasteiger partial charge in [-0.25, -0.2) is 4.98 Å².